The first-order valence-electron chi connectivity index (χ1n) is 10.8. The lowest BCUT2D eigenvalue weighted by Crippen LogP contribution is -2.29. The number of anilines is 1. The Kier molecular flexibility index (Phi) is 6.12. The lowest BCUT2D eigenvalue weighted by molar-refractivity contribution is -0.121. The summed E-state index contributed by atoms with van der Waals surface area (Å²) in [5, 5.41) is 3.07. The first kappa shape index (κ1) is 20.1. The van der Waals surface area contributed by atoms with E-state index in [2.05, 4.69) is 52.5 Å². The maximum absolute atomic E-state index is 12.5. The fourth-order valence-electron chi connectivity index (χ4n) is 4.14. The van der Waals surface area contributed by atoms with Crippen molar-refractivity contribution in [1.82, 2.24) is 10.3 Å². The van der Waals surface area contributed by atoms with Gasteiger partial charge in [0.25, 0.3) is 0 Å². The Bertz CT molecular complexity index is 967. The SMILES string of the molecule is CC1CCCN1c1ccc([C@@H](C)NC(=O)Cc2ccc(-c3ccccc3)cc2)nc1. The number of carbonyl (C=O) groups excluding carboxylic acids is 1. The Hall–Kier alpha value is -3.14. The normalized spacial score (nSPS) is 17.0. The van der Waals surface area contributed by atoms with Crippen LogP contribution < -0.4 is 10.2 Å². The van der Waals surface area contributed by atoms with Gasteiger partial charge in [0.05, 0.1) is 30.0 Å². The van der Waals surface area contributed by atoms with Crippen LogP contribution in [-0.2, 0) is 11.2 Å². The molecule has 0 radical (unpaired) electrons. The van der Waals surface area contributed by atoms with Crippen molar-refractivity contribution in [3.8, 4) is 11.1 Å². The summed E-state index contributed by atoms with van der Waals surface area (Å²) in [4.78, 5) is 19.5. The van der Waals surface area contributed by atoms with E-state index in [0.29, 0.717) is 12.5 Å². The first-order valence-corrected chi connectivity index (χ1v) is 10.8. The van der Waals surface area contributed by atoms with Gasteiger partial charge in [-0.15, -0.1) is 0 Å². The van der Waals surface area contributed by atoms with Crippen molar-refractivity contribution in [2.45, 2.75) is 45.2 Å². The zero-order valence-corrected chi connectivity index (χ0v) is 17.7. The van der Waals surface area contributed by atoms with Crippen LogP contribution in [0.1, 0.15) is 44.0 Å². The van der Waals surface area contributed by atoms with Crippen molar-refractivity contribution in [3.63, 3.8) is 0 Å². The second kappa shape index (κ2) is 9.12. The van der Waals surface area contributed by atoms with Crippen LogP contribution in [0.15, 0.2) is 72.9 Å². The van der Waals surface area contributed by atoms with Crippen molar-refractivity contribution in [3.05, 3.63) is 84.2 Å². The molecule has 0 spiro atoms. The third kappa shape index (κ3) is 4.70. The van der Waals surface area contributed by atoms with E-state index in [-0.39, 0.29) is 11.9 Å². The zero-order chi connectivity index (χ0) is 20.9. The predicted octanol–water partition coefficient (Wildman–Crippen LogP) is 5.16. The lowest BCUT2D eigenvalue weighted by atomic mass is 10.0. The second-order valence-corrected chi connectivity index (χ2v) is 8.15. The van der Waals surface area contributed by atoms with Gasteiger partial charge in [-0.05, 0) is 55.5 Å². The Morgan fingerprint density at radius 2 is 1.80 bits per heavy atom. The van der Waals surface area contributed by atoms with E-state index in [4.69, 9.17) is 0 Å². The molecular weight excluding hydrogens is 370 g/mol. The van der Waals surface area contributed by atoms with Crippen molar-refractivity contribution >= 4 is 11.6 Å². The molecule has 0 bridgehead atoms. The molecule has 4 rings (SSSR count). The molecule has 2 aromatic carbocycles. The molecule has 3 aromatic rings. The third-order valence-corrected chi connectivity index (χ3v) is 5.90. The molecule has 1 aromatic heterocycles. The summed E-state index contributed by atoms with van der Waals surface area (Å²) in [7, 11) is 0. The maximum atomic E-state index is 12.5. The number of rotatable bonds is 6. The Morgan fingerprint density at radius 3 is 2.43 bits per heavy atom. The minimum absolute atomic E-state index is 0.00834. The summed E-state index contributed by atoms with van der Waals surface area (Å²) in [5.74, 6) is 0.00834. The fraction of sp³-hybridized carbons (Fsp3) is 0.308. The van der Waals surface area contributed by atoms with Gasteiger partial charge in [-0.2, -0.15) is 0 Å². The molecule has 4 heteroatoms. The molecule has 154 valence electrons. The van der Waals surface area contributed by atoms with Crippen LogP contribution in [0.5, 0.6) is 0 Å². The number of hydrogen-bond donors (Lipinski definition) is 1. The maximum Gasteiger partial charge on any atom is 0.224 e. The summed E-state index contributed by atoms with van der Waals surface area (Å²) < 4.78 is 0. The molecule has 1 amide bonds. The van der Waals surface area contributed by atoms with Crippen LogP contribution in [0.4, 0.5) is 5.69 Å². The molecule has 30 heavy (non-hydrogen) atoms. The van der Waals surface area contributed by atoms with Gasteiger partial charge in [0, 0.05) is 12.6 Å². The number of pyridine rings is 1. The van der Waals surface area contributed by atoms with Crippen molar-refractivity contribution in [2.24, 2.45) is 0 Å². The molecule has 1 saturated heterocycles. The number of benzene rings is 2. The Labute approximate surface area is 179 Å². The minimum atomic E-state index is -0.119. The standard InChI is InChI=1S/C26H29N3O/c1-19-7-6-16-29(19)24-14-15-25(27-18-24)20(2)28-26(30)17-21-10-12-23(13-11-21)22-8-4-3-5-9-22/h3-5,8-15,18-20H,6-7,16-17H2,1-2H3,(H,28,30)/t19?,20-/m1/s1. The van der Waals surface area contributed by atoms with Gasteiger partial charge in [0.2, 0.25) is 5.91 Å². The number of aromatic nitrogens is 1. The minimum Gasteiger partial charge on any atom is -0.368 e. The number of amides is 1. The van der Waals surface area contributed by atoms with E-state index < -0.39 is 0 Å². The molecule has 1 N–H and O–H groups in total. The third-order valence-electron chi connectivity index (χ3n) is 5.90. The fourth-order valence-corrected chi connectivity index (χ4v) is 4.14. The highest BCUT2D eigenvalue weighted by molar-refractivity contribution is 5.79. The second-order valence-electron chi connectivity index (χ2n) is 8.15. The van der Waals surface area contributed by atoms with Gasteiger partial charge in [-0.25, -0.2) is 0 Å². The molecular formula is C26H29N3O. The molecule has 1 aliphatic rings. The molecule has 1 fully saturated rings. The van der Waals surface area contributed by atoms with Crippen LogP contribution in [0.3, 0.4) is 0 Å². The zero-order valence-electron chi connectivity index (χ0n) is 17.7. The average molecular weight is 400 g/mol. The quantitative estimate of drug-likeness (QED) is 0.623. The monoisotopic (exact) mass is 399 g/mol. The summed E-state index contributed by atoms with van der Waals surface area (Å²) in [6.07, 6.45) is 4.77. The molecule has 1 unspecified atom stereocenters. The van der Waals surface area contributed by atoms with Crippen molar-refractivity contribution in [1.29, 1.82) is 0 Å². The molecule has 4 nitrogen and oxygen atoms in total. The van der Waals surface area contributed by atoms with Gasteiger partial charge in [-0.3, -0.25) is 9.78 Å². The van der Waals surface area contributed by atoms with E-state index in [1.54, 1.807) is 0 Å². The highest BCUT2D eigenvalue weighted by Gasteiger charge is 2.21. The van der Waals surface area contributed by atoms with E-state index in [0.717, 1.165) is 23.4 Å². The van der Waals surface area contributed by atoms with Crippen LogP contribution in [0.25, 0.3) is 11.1 Å². The molecule has 2 atom stereocenters. The highest BCUT2D eigenvalue weighted by atomic mass is 16.1. The van der Waals surface area contributed by atoms with Crippen LogP contribution in [0.2, 0.25) is 0 Å². The number of nitrogens with zero attached hydrogens (tertiary/aromatic N) is 2. The van der Waals surface area contributed by atoms with E-state index in [1.807, 2.05) is 49.5 Å². The van der Waals surface area contributed by atoms with Crippen LogP contribution in [0, 0.1) is 0 Å². The van der Waals surface area contributed by atoms with Gasteiger partial charge in [0.15, 0.2) is 0 Å². The van der Waals surface area contributed by atoms with Gasteiger partial charge in [0.1, 0.15) is 0 Å². The smallest absolute Gasteiger partial charge is 0.224 e. The summed E-state index contributed by atoms with van der Waals surface area (Å²) in [6, 6.07) is 23.0. The first-order chi connectivity index (χ1) is 14.6. The Balaban J connectivity index is 1.33. The van der Waals surface area contributed by atoms with E-state index in [1.165, 1.54) is 24.1 Å². The number of carbonyl (C=O) groups is 1. The average Bonchev–Trinajstić information content (AvgIpc) is 3.21. The number of hydrogen-bond acceptors (Lipinski definition) is 3. The van der Waals surface area contributed by atoms with Crippen molar-refractivity contribution < 1.29 is 4.79 Å². The van der Waals surface area contributed by atoms with E-state index in [9.17, 15) is 4.79 Å². The molecule has 0 saturated carbocycles. The van der Waals surface area contributed by atoms with E-state index >= 15 is 0 Å². The van der Waals surface area contributed by atoms with Gasteiger partial charge in [-0.1, -0.05) is 54.6 Å². The summed E-state index contributed by atoms with van der Waals surface area (Å²) in [6.45, 7) is 5.34. The lowest BCUT2D eigenvalue weighted by Gasteiger charge is -2.24. The molecule has 1 aliphatic heterocycles. The van der Waals surface area contributed by atoms with Crippen LogP contribution in [-0.4, -0.2) is 23.5 Å². The summed E-state index contributed by atoms with van der Waals surface area (Å²) in [5.41, 5.74) is 5.40. The van der Waals surface area contributed by atoms with Gasteiger partial charge >= 0.3 is 0 Å². The van der Waals surface area contributed by atoms with Gasteiger partial charge < -0.3 is 10.2 Å². The predicted molar refractivity (Wildman–Crippen MR) is 122 cm³/mol. The molecule has 2 heterocycles. The van der Waals surface area contributed by atoms with Crippen LogP contribution >= 0.6 is 0 Å². The highest BCUT2D eigenvalue weighted by Crippen LogP contribution is 2.25. The summed E-state index contributed by atoms with van der Waals surface area (Å²) >= 11 is 0. The molecule has 0 aliphatic carbocycles. The number of nitrogens with one attached hydrogen (secondary N) is 1. The topological polar surface area (TPSA) is 45.2 Å². The largest absolute Gasteiger partial charge is 0.368 e. The Morgan fingerprint density at radius 1 is 1.07 bits per heavy atom. The van der Waals surface area contributed by atoms with Crippen molar-refractivity contribution in [2.75, 3.05) is 11.4 Å².